The van der Waals surface area contributed by atoms with Crippen molar-refractivity contribution in [2.45, 2.75) is 18.5 Å². The van der Waals surface area contributed by atoms with Crippen molar-refractivity contribution in [1.29, 1.82) is 0 Å². The second-order valence-electron chi connectivity index (χ2n) is 6.03. The molecule has 0 aliphatic carbocycles. The van der Waals surface area contributed by atoms with E-state index in [1.165, 1.54) is 5.56 Å². The van der Waals surface area contributed by atoms with Crippen molar-refractivity contribution in [1.82, 2.24) is 20.2 Å². The molecule has 1 aliphatic rings. The molecule has 4 rings (SSSR count). The smallest absolute Gasteiger partial charge is 0.243 e. The fraction of sp³-hybridized carbons (Fsp3) is 0.278. The minimum atomic E-state index is -0.0738. The van der Waals surface area contributed by atoms with Gasteiger partial charge in [0.25, 0.3) is 0 Å². The van der Waals surface area contributed by atoms with E-state index in [1.54, 1.807) is 18.9 Å². The fourth-order valence-electron chi connectivity index (χ4n) is 3.41. The van der Waals surface area contributed by atoms with Gasteiger partial charge in [0.05, 0.1) is 26.3 Å². The molecule has 0 fully saturated rings. The normalized spacial score (nSPS) is 18.7. The highest BCUT2D eigenvalue weighted by atomic mass is 79.9. The van der Waals surface area contributed by atoms with Gasteiger partial charge in [0.2, 0.25) is 5.95 Å². The third kappa shape index (κ3) is 2.90. The van der Waals surface area contributed by atoms with Crippen LogP contribution in [0.2, 0.25) is 0 Å². The predicted octanol–water partition coefficient (Wildman–Crippen LogP) is 3.60. The Balaban J connectivity index is 1.79. The minimum absolute atomic E-state index is 0.0738. The maximum absolute atomic E-state index is 5.64. The molecule has 0 unspecified atom stereocenters. The van der Waals surface area contributed by atoms with E-state index < -0.39 is 0 Å². The summed E-state index contributed by atoms with van der Waals surface area (Å²) < 4.78 is 13.9. The van der Waals surface area contributed by atoms with Crippen LogP contribution in [0.1, 0.15) is 29.6 Å². The Bertz CT molecular complexity index is 929. The zero-order valence-electron chi connectivity index (χ0n) is 14.4. The third-order valence-electron chi connectivity index (χ3n) is 4.59. The molecule has 2 atom stereocenters. The Morgan fingerprint density at radius 2 is 2.00 bits per heavy atom. The summed E-state index contributed by atoms with van der Waals surface area (Å²) in [6, 6.07) is 14.1. The summed E-state index contributed by atoms with van der Waals surface area (Å²) in [7, 11) is 3.28. The highest BCUT2D eigenvalue weighted by Crippen LogP contribution is 2.43. The van der Waals surface area contributed by atoms with Crippen LogP contribution in [-0.4, -0.2) is 34.4 Å². The van der Waals surface area contributed by atoms with Gasteiger partial charge in [-0.15, -0.1) is 0 Å². The first-order valence-corrected chi connectivity index (χ1v) is 9.01. The molecular weight excluding hydrogens is 398 g/mol. The zero-order valence-corrected chi connectivity index (χ0v) is 16.0. The van der Waals surface area contributed by atoms with E-state index >= 15 is 0 Å². The highest BCUT2D eigenvalue weighted by molar-refractivity contribution is 9.10. The Hall–Kier alpha value is -2.61. The van der Waals surface area contributed by atoms with E-state index in [-0.39, 0.29) is 12.1 Å². The summed E-state index contributed by atoms with van der Waals surface area (Å²) in [6.07, 6.45) is 0.776. The number of nitrogens with one attached hydrogen (secondary N) is 1. The second-order valence-corrected chi connectivity index (χ2v) is 6.95. The average molecular weight is 416 g/mol. The van der Waals surface area contributed by atoms with Gasteiger partial charge in [0.15, 0.2) is 11.5 Å². The van der Waals surface area contributed by atoms with E-state index in [4.69, 9.17) is 9.47 Å². The summed E-state index contributed by atoms with van der Waals surface area (Å²) in [4.78, 5) is 0. The van der Waals surface area contributed by atoms with Crippen LogP contribution in [0, 0.1) is 0 Å². The van der Waals surface area contributed by atoms with Gasteiger partial charge in [0, 0.05) is 10.0 Å². The molecule has 3 aromatic rings. The lowest BCUT2D eigenvalue weighted by atomic mass is 9.92. The molecule has 2 aromatic carbocycles. The van der Waals surface area contributed by atoms with Crippen LogP contribution in [0.5, 0.6) is 11.5 Å². The molecule has 1 aromatic heterocycles. The number of methoxy groups -OCH3 is 2. The van der Waals surface area contributed by atoms with Crippen LogP contribution in [-0.2, 0) is 0 Å². The average Bonchev–Trinajstić information content (AvgIpc) is 3.15. The minimum Gasteiger partial charge on any atom is -0.493 e. The number of fused-ring (bicyclic) bond motifs is 1. The standard InChI is InChI=1S/C18H18BrN5O2/c1-25-16-8-4-7-13(17(16)26-2)15-10-14(11-5-3-6-12(19)9-11)20-18-21-22-23-24(15)18/h3-9,14-15H,10H2,1-2H3,(H,20,21,23)/t14-,15+/m1/s1. The first kappa shape index (κ1) is 16.8. The van der Waals surface area contributed by atoms with Crippen LogP contribution in [0.25, 0.3) is 0 Å². The van der Waals surface area contributed by atoms with E-state index in [2.05, 4.69) is 48.9 Å². The number of ether oxygens (including phenoxy) is 2. The third-order valence-corrected chi connectivity index (χ3v) is 5.09. The number of halogens is 1. The number of nitrogens with zero attached hydrogens (tertiary/aromatic N) is 4. The largest absolute Gasteiger partial charge is 0.493 e. The number of rotatable bonds is 4. The number of anilines is 1. The van der Waals surface area contributed by atoms with Crippen LogP contribution in [0.15, 0.2) is 46.9 Å². The van der Waals surface area contributed by atoms with Gasteiger partial charge in [-0.1, -0.05) is 45.3 Å². The van der Waals surface area contributed by atoms with Crippen molar-refractivity contribution in [2.24, 2.45) is 0 Å². The van der Waals surface area contributed by atoms with E-state index in [0.717, 1.165) is 16.5 Å². The zero-order chi connectivity index (χ0) is 18.1. The quantitative estimate of drug-likeness (QED) is 0.701. The Morgan fingerprint density at radius 3 is 2.77 bits per heavy atom. The summed E-state index contributed by atoms with van der Waals surface area (Å²) in [6.45, 7) is 0. The SMILES string of the molecule is COc1cccc([C@@H]2C[C@H](c3cccc(Br)c3)Nc3nnnn32)c1OC. The molecule has 1 aliphatic heterocycles. The van der Waals surface area contributed by atoms with Crippen molar-refractivity contribution in [2.75, 3.05) is 19.5 Å². The maximum Gasteiger partial charge on any atom is 0.243 e. The van der Waals surface area contributed by atoms with Gasteiger partial charge < -0.3 is 14.8 Å². The molecule has 7 nitrogen and oxygen atoms in total. The summed E-state index contributed by atoms with van der Waals surface area (Å²) in [5, 5.41) is 15.6. The van der Waals surface area contributed by atoms with E-state index in [9.17, 15) is 0 Å². The molecule has 0 spiro atoms. The van der Waals surface area contributed by atoms with Crippen molar-refractivity contribution in [3.63, 3.8) is 0 Å². The van der Waals surface area contributed by atoms with Crippen LogP contribution in [0.4, 0.5) is 5.95 Å². The molecule has 0 amide bonds. The van der Waals surface area contributed by atoms with Crippen LogP contribution >= 0.6 is 15.9 Å². The molecule has 8 heteroatoms. The van der Waals surface area contributed by atoms with Gasteiger partial charge in [-0.3, -0.25) is 0 Å². The number of hydrogen-bond acceptors (Lipinski definition) is 6. The lowest BCUT2D eigenvalue weighted by Crippen LogP contribution is -2.28. The number of hydrogen-bond donors (Lipinski definition) is 1. The maximum atomic E-state index is 5.64. The topological polar surface area (TPSA) is 74.1 Å². The molecule has 0 bridgehead atoms. The first-order valence-electron chi connectivity index (χ1n) is 8.22. The van der Waals surface area contributed by atoms with Gasteiger partial charge in [-0.2, -0.15) is 0 Å². The van der Waals surface area contributed by atoms with Crippen molar-refractivity contribution >= 4 is 21.9 Å². The summed E-state index contributed by atoms with van der Waals surface area (Å²) in [5.74, 6) is 2.03. The molecule has 2 heterocycles. The summed E-state index contributed by atoms with van der Waals surface area (Å²) >= 11 is 3.54. The van der Waals surface area contributed by atoms with Gasteiger partial charge >= 0.3 is 0 Å². The molecule has 134 valence electrons. The molecule has 0 saturated carbocycles. The van der Waals surface area contributed by atoms with Gasteiger partial charge in [-0.05, 0) is 40.6 Å². The Morgan fingerprint density at radius 1 is 1.15 bits per heavy atom. The van der Waals surface area contributed by atoms with E-state index in [0.29, 0.717) is 17.4 Å². The van der Waals surface area contributed by atoms with E-state index in [1.807, 2.05) is 30.3 Å². The van der Waals surface area contributed by atoms with Crippen molar-refractivity contribution < 1.29 is 9.47 Å². The highest BCUT2D eigenvalue weighted by Gasteiger charge is 2.33. The van der Waals surface area contributed by atoms with Gasteiger partial charge in [-0.25, -0.2) is 4.68 Å². The Kier molecular flexibility index (Phi) is 4.50. The second kappa shape index (κ2) is 6.95. The Labute approximate surface area is 159 Å². The van der Waals surface area contributed by atoms with Crippen molar-refractivity contribution in [3.05, 3.63) is 58.1 Å². The first-order chi connectivity index (χ1) is 12.7. The number of tetrazole rings is 1. The molecule has 0 radical (unpaired) electrons. The summed E-state index contributed by atoms with van der Waals surface area (Å²) in [5.41, 5.74) is 2.15. The lowest BCUT2D eigenvalue weighted by molar-refractivity contribution is 0.339. The predicted molar refractivity (Wildman–Crippen MR) is 101 cm³/mol. The fourth-order valence-corrected chi connectivity index (χ4v) is 3.83. The van der Waals surface area contributed by atoms with Crippen molar-refractivity contribution in [3.8, 4) is 11.5 Å². The lowest BCUT2D eigenvalue weighted by Gasteiger charge is -2.32. The molecule has 26 heavy (non-hydrogen) atoms. The molecular formula is C18H18BrN5O2. The molecule has 1 N–H and O–H groups in total. The molecule has 0 saturated heterocycles. The number of para-hydroxylation sites is 1. The number of benzene rings is 2. The monoisotopic (exact) mass is 415 g/mol. The van der Waals surface area contributed by atoms with Crippen LogP contribution < -0.4 is 14.8 Å². The number of aromatic nitrogens is 4. The van der Waals surface area contributed by atoms with Gasteiger partial charge in [0.1, 0.15) is 0 Å². The van der Waals surface area contributed by atoms with Crippen LogP contribution in [0.3, 0.4) is 0 Å².